The number of ether oxygens (including phenoxy) is 3. The van der Waals surface area contributed by atoms with Crippen LogP contribution in [-0.2, 0) is 0 Å². The molecule has 1 aromatic carbocycles. The predicted molar refractivity (Wildman–Crippen MR) is 74.9 cm³/mol. The fourth-order valence-electron chi connectivity index (χ4n) is 1.56. The summed E-state index contributed by atoms with van der Waals surface area (Å²) in [5, 5.41) is 7.30. The summed E-state index contributed by atoms with van der Waals surface area (Å²) in [6.45, 7) is 0. The minimum absolute atomic E-state index is 0.0351. The highest BCUT2D eigenvalue weighted by Gasteiger charge is 2.05. The third-order valence-electron chi connectivity index (χ3n) is 2.59. The van der Waals surface area contributed by atoms with Gasteiger partial charge in [-0.3, -0.25) is 5.41 Å². The van der Waals surface area contributed by atoms with E-state index in [-0.39, 0.29) is 5.84 Å². The fourth-order valence-corrected chi connectivity index (χ4v) is 1.56. The summed E-state index contributed by atoms with van der Waals surface area (Å²) in [6, 6.07) is 8.51. The average Bonchev–Trinajstić information content (AvgIpc) is 2.47. The lowest BCUT2D eigenvalue weighted by Gasteiger charge is -2.09. The molecule has 2 aromatic rings. The highest BCUT2D eigenvalue weighted by molar-refractivity contribution is 5.94. The Morgan fingerprint density at radius 1 is 1.05 bits per heavy atom. The van der Waals surface area contributed by atoms with Crippen LogP contribution in [0.25, 0.3) is 0 Å². The number of nitrogen functional groups attached to an aromatic ring is 1. The maximum absolute atomic E-state index is 7.30. The molecule has 6 nitrogen and oxygen atoms in total. The van der Waals surface area contributed by atoms with Crippen LogP contribution in [0.15, 0.2) is 36.5 Å². The summed E-state index contributed by atoms with van der Waals surface area (Å²) < 4.78 is 15.9. The lowest BCUT2D eigenvalue weighted by atomic mass is 10.2. The molecule has 0 aliphatic carbocycles. The average molecular weight is 273 g/mol. The highest BCUT2D eigenvalue weighted by Crippen LogP contribution is 2.30. The predicted octanol–water partition coefficient (Wildman–Crippen LogP) is 2.18. The Morgan fingerprint density at radius 3 is 2.10 bits per heavy atom. The molecule has 0 bridgehead atoms. The molecule has 104 valence electrons. The van der Waals surface area contributed by atoms with E-state index >= 15 is 0 Å². The first-order valence-corrected chi connectivity index (χ1v) is 5.83. The van der Waals surface area contributed by atoms with Crippen molar-refractivity contribution in [2.75, 3.05) is 14.2 Å². The molecule has 1 aromatic heterocycles. The van der Waals surface area contributed by atoms with Gasteiger partial charge in [0.25, 0.3) is 0 Å². The van der Waals surface area contributed by atoms with Crippen LogP contribution in [0.3, 0.4) is 0 Å². The van der Waals surface area contributed by atoms with Crippen LogP contribution in [0.5, 0.6) is 23.1 Å². The van der Waals surface area contributed by atoms with Crippen molar-refractivity contribution >= 4 is 5.84 Å². The zero-order valence-electron chi connectivity index (χ0n) is 11.2. The van der Waals surface area contributed by atoms with Crippen LogP contribution in [0.4, 0.5) is 0 Å². The Bertz CT molecular complexity index is 589. The van der Waals surface area contributed by atoms with Crippen molar-refractivity contribution in [1.82, 2.24) is 4.98 Å². The van der Waals surface area contributed by atoms with E-state index in [1.165, 1.54) is 6.20 Å². The lowest BCUT2D eigenvalue weighted by Crippen LogP contribution is -2.11. The van der Waals surface area contributed by atoms with Gasteiger partial charge in [-0.25, -0.2) is 4.98 Å². The summed E-state index contributed by atoms with van der Waals surface area (Å²) in [5.74, 6) is 2.15. The van der Waals surface area contributed by atoms with Crippen LogP contribution in [0, 0.1) is 5.41 Å². The van der Waals surface area contributed by atoms with Gasteiger partial charge in [0.05, 0.1) is 14.2 Å². The Morgan fingerprint density at radius 2 is 1.65 bits per heavy atom. The maximum atomic E-state index is 7.30. The van der Waals surface area contributed by atoms with E-state index < -0.39 is 0 Å². The number of nitrogens with two attached hydrogens (primary N) is 1. The number of hydrogen-bond acceptors (Lipinski definition) is 5. The van der Waals surface area contributed by atoms with Crippen LogP contribution in [-0.4, -0.2) is 25.0 Å². The number of nitrogens with one attached hydrogen (secondary N) is 1. The normalized spacial score (nSPS) is 9.90. The molecule has 0 spiro atoms. The molecule has 3 N–H and O–H groups in total. The zero-order chi connectivity index (χ0) is 14.5. The molecule has 2 rings (SSSR count). The van der Waals surface area contributed by atoms with Gasteiger partial charge in [-0.15, -0.1) is 0 Å². The van der Waals surface area contributed by atoms with Crippen molar-refractivity contribution in [3.05, 3.63) is 42.1 Å². The summed E-state index contributed by atoms with van der Waals surface area (Å²) in [5.41, 5.74) is 5.90. The van der Waals surface area contributed by atoms with Crippen LogP contribution >= 0.6 is 0 Å². The fraction of sp³-hybridized carbons (Fsp3) is 0.143. The third-order valence-corrected chi connectivity index (χ3v) is 2.59. The Labute approximate surface area is 116 Å². The Hall–Kier alpha value is -2.76. The van der Waals surface area contributed by atoms with Crippen LogP contribution < -0.4 is 19.9 Å². The van der Waals surface area contributed by atoms with E-state index in [9.17, 15) is 0 Å². The summed E-state index contributed by atoms with van der Waals surface area (Å²) in [4.78, 5) is 4.08. The lowest BCUT2D eigenvalue weighted by molar-refractivity contribution is 0.385. The van der Waals surface area contributed by atoms with E-state index in [1.807, 2.05) is 0 Å². The molecule has 0 saturated heterocycles. The molecule has 0 aliphatic rings. The minimum Gasteiger partial charge on any atom is -0.496 e. The first kappa shape index (κ1) is 13.7. The molecule has 20 heavy (non-hydrogen) atoms. The third kappa shape index (κ3) is 3.17. The summed E-state index contributed by atoms with van der Waals surface area (Å²) >= 11 is 0. The Balaban J connectivity index is 2.22. The van der Waals surface area contributed by atoms with Gasteiger partial charge in [-0.05, 0) is 6.07 Å². The molecular weight excluding hydrogens is 258 g/mol. The number of benzene rings is 1. The van der Waals surface area contributed by atoms with E-state index in [1.54, 1.807) is 44.6 Å². The minimum atomic E-state index is -0.0351. The van der Waals surface area contributed by atoms with Crippen molar-refractivity contribution in [3.63, 3.8) is 0 Å². The molecule has 0 aliphatic heterocycles. The van der Waals surface area contributed by atoms with E-state index in [0.29, 0.717) is 28.7 Å². The topological polar surface area (TPSA) is 90.5 Å². The van der Waals surface area contributed by atoms with Crippen molar-refractivity contribution in [2.45, 2.75) is 0 Å². The number of methoxy groups -OCH3 is 2. The van der Waals surface area contributed by atoms with E-state index in [0.717, 1.165) is 0 Å². The quantitative estimate of drug-likeness (QED) is 0.643. The van der Waals surface area contributed by atoms with Crippen molar-refractivity contribution < 1.29 is 14.2 Å². The monoisotopic (exact) mass is 273 g/mol. The number of nitrogens with zero attached hydrogens (tertiary/aromatic N) is 1. The van der Waals surface area contributed by atoms with Gasteiger partial charge < -0.3 is 19.9 Å². The second-order valence-corrected chi connectivity index (χ2v) is 3.95. The molecule has 0 atom stereocenters. The summed E-state index contributed by atoms with van der Waals surface area (Å²) in [7, 11) is 3.14. The zero-order valence-corrected chi connectivity index (χ0v) is 11.2. The number of hydrogen-bond donors (Lipinski definition) is 2. The standard InChI is InChI=1S/C14H15N3O3/c1-18-10-5-11(19-2)7-12(6-10)20-13-4-3-9(8-17-13)14(15)16/h3-8H,1-2H3,(H3,15,16). The first-order valence-electron chi connectivity index (χ1n) is 5.83. The smallest absolute Gasteiger partial charge is 0.219 e. The molecule has 0 radical (unpaired) electrons. The molecule has 0 unspecified atom stereocenters. The Kier molecular flexibility index (Phi) is 4.05. The number of amidine groups is 1. The number of aromatic nitrogens is 1. The van der Waals surface area contributed by atoms with Gasteiger partial charge in [0.15, 0.2) is 0 Å². The molecule has 0 amide bonds. The first-order chi connectivity index (χ1) is 9.62. The van der Waals surface area contributed by atoms with Gasteiger partial charge >= 0.3 is 0 Å². The molecule has 0 fully saturated rings. The van der Waals surface area contributed by atoms with Gasteiger partial charge in [0.1, 0.15) is 23.1 Å². The molecule has 6 heteroatoms. The molecule has 1 heterocycles. The number of rotatable bonds is 5. The van der Waals surface area contributed by atoms with Gasteiger partial charge in [-0.1, -0.05) is 0 Å². The molecule has 0 saturated carbocycles. The maximum Gasteiger partial charge on any atom is 0.219 e. The largest absolute Gasteiger partial charge is 0.496 e. The van der Waals surface area contributed by atoms with Gasteiger partial charge in [-0.2, -0.15) is 0 Å². The van der Waals surface area contributed by atoms with Crippen molar-refractivity contribution in [1.29, 1.82) is 5.41 Å². The van der Waals surface area contributed by atoms with Crippen LogP contribution in [0.2, 0.25) is 0 Å². The SMILES string of the molecule is COc1cc(OC)cc(Oc2ccc(C(=N)N)cn2)c1. The van der Waals surface area contributed by atoms with Crippen LogP contribution in [0.1, 0.15) is 5.56 Å². The van der Waals surface area contributed by atoms with Crippen molar-refractivity contribution in [3.8, 4) is 23.1 Å². The van der Waals surface area contributed by atoms with Gasteiger partial charge in [0, 0.05) is 36.0 Å². The van der Waals surface area contributed by atoms with E-state index in [2.05, 4.69) is 4.98 Å². The number of pyridine rings is 1. The summed E-state index contributed by atoms with van der Waals surface area (Å²) in [6.07, 6.45) is 1.48. The van der Waals surface area contributed by atoms with E-state index in [4.69, 9.17) is 25.4 Å². The van der Waals surface area contributed by atoms with Gasteiger partial charge in [0.2, 0.25) is 5.88 Å². The highest BCUT2D eigenvalue weighted by atomic mass is 16.5. The second kappa shape index (κ2) is 5.92. The molecular formula is C14H15N3O3. The second-order valence-electron chi connectivity index (χ2n) is 3.95. The van der Waals surface area contributed by atoms with Crippen molar-refractivity contribution in [2.24, 2.45) is 5.73 Å².